The maximum Gasteiger partial charge on any atom is 0.260 e. The van der Waals surface area contributed by atoms with E-state index in [1.807, 2.05) is 33.0 Å². The van der Waals surface area contributed by atoms with Crippen molar-refractivity contribution < 1.29 is 14.3 Å². The van der Waals surface area contributed by atoms with Crippen LogP contribution in [0.4, 0.5) is 0 Å². The first kappa shape index (κ1) is 16.7. The molecule has 6 heteroatoms. The molecule has 0 saturated carbocycles. The Bertz CT molecular complexity index is 646. The van der Waals surface area contributed by atoms with Crippen molar-refractivity contribution in [3.05, 3.63) is 23.5 Å². The third-order valence-corrected chi connectivity index (χ3v) is 5.08. The molecule has 0 radical (unpaired) electrons. The van der Waals surface area contributed by atoms with Crippen LogP contribution in [0.1, 0.15) is 31.2 Å². The van der Waals surface area contributed by atoms with Gasteiger partial charge in [-0.1, -0.05) is 6.92 Å². The molecule has 0 unspecified atom stereocenters. The summed E-state index contributed by atoms with van der Waals surface area (Å²) < 4.78 is 5.73. The summed E-state index contributed by atoms with van der Waals surface area (Å²) in [4.78, 5) is 32.8. The molecule has 1 aromatic heterocycles. The van der Waals surface area contributed by atoms with Crippen molar-refractivity contribution in [1.82, 2.24) is 14.8 Å². The molecular formula is C18H25N3O3. The molecular weight excluding hydrogens is 306 g/mol. The Morgan fingerprint density at radius 3 is 2.88 bits per heavy atom. The average Bonchev–Trinajstić information content (AvgIpc) is 2.87. The standard InChI is InChI=1S/C18H25N3O3/c1-4-15-16(8-5-12(2)19-15)24-11-17(22)21-9-13-6-7-14(10-21)20(3)18(13)23/h5,8,13-14H,4,6-7,9-11H2,1-3H3/t13-,14+/m1/s1. The summed E-state index contributed by atoms with van der Waals surface area (Å²) in [6.07, 6.45) is 2.61. The number of fused-ring (bicyclic) bond motifs is 4. The highest BCUT2D eigenvalue weighted by Gasteiger charge is 2.40. The Morgan fingerprint density at radius 2 is 2.12 bits per heavy atom. The van der Waals surface area contributed by atoms with Crippen LogP contribution in [-0.2, 0) is 16.0 Å². The number of aryl methyl sites for hydroxylation is 2. The molecule has 3 saturated heterocycles. The van der Waals surface area contributed by atoms with Crippen molar-refractivity contribution in [3.63, 3.8) is 0 Å². The monoisotopic (exact) mass is 331 g/mol. The number of carbonyl (C=O) groups excluding carboxylic acids is 2. The Labute approximate surface area is 142 Å². The van der Waals surface area contributed by atoms with Gasteiger partial charge in [-0.3, -0.25) is 14.6 Å². The van der Waals surface area contributed by atoms with Gasteiger partial charge in [0.2, 0.25) is 5.91 Å². The predicted octanol–water partition coefficient (Wildman–Crippen LogP) is 1.41. The molecule has 6 nitrogen and oxygen atoms in total. The first-order valence-electron chi connectivity index (χ1n) is 8.63. The zero-order valence-electron chi connectivity index (χ0n) is 14.6. The second-order valence-corrected chi connectivity index (χ2v) is 6.72. The number of aromatic nitrogens is 1. The van der Waals surface area contributed by atoms with Crippen molar-refractivity contribution in [3.8, 4) is 5.75 Å². The molecule has 0 spiro atoms. The van der Waals surface area contributed by atoms with Crippen LogP contribution in [0.15, 0.2) is 12.1 Å². The van der Waals surface area contributed by atoms with Gasteiger partial charge in [0.15, 0.2) is 6.61 Å². The van der Waals surface area contributed by atoms with Crippen molar-refractivity contribution in [2.24, 2.45) is 5.92 Å². The Hall–Kier alpha value is -2.11. The van der Waals surface area contributed by atoms with Crippen molar-refractivity contribution >= 4 is 11.8 Å². The molecule has 4 heterocycles. The smallest absolute Gasteiger partial charge is 0.260 e. The number of piperidine rings is 1. The summed E-state index contributed by atoms with van der Waals surface area (Å²) in [5.74, 6) is 0.712. The molecule has 0 aromatic carbocycles. The van der Waals surface area contributed by atoms with Gasteiger partial charge >= 0.3 is 0 Å². The Kier molecular flexibility index (Phi) is 4.73. The predicted molar refractivity (Wildman–Crippen MR) is 89.7 cm³/mol. The van der Waals surface area contributed by atoms with Crippen LogP contribution in [0.5, 0.6) is 5.75 Å². The van der Waals surface area contributed by atoms with Crippen molar-refractivity contribution in [2.75, 3.05) is 26.7 Å². The highest BCUT2D eigenvalue weighted by atomic mass is 16.5. The fourth-order valence-corrected chi connectivity index (χ4v) is 3.57. The third kappa shape index (κ3) is 3.23. The van der Waals surface area contributed by atoms with E-state index < -0.39 is 0 Å². The molecule has 130 valence electrons. The molecule has 3 fully saturated rings. The van der Waals surface area contributed by atoms with E-state index in [0.717, 1.165) is 30.7 Å². The minimum absolute atomic E-state index is 0.00488. The summed E-state index contributed by atoms with van der Waals surface area (Å²) in [7, 11) is 1.84. The molecule has 3 aliphatic heterocycles. The van der Waals surface area contributed by atoms with Gasteiger partial charge in [0, 0.05) is 31.9 Å². The molecule has 2 atom stereocenters. The summed E-state index contributed by atoms with van der Waals surface area (Å²) in [5, 5.41) is 0. The van der Waals surface area contributed by atoms with E-state index in [4.69, 9.17) is 4.74 Å². The molecule has 2 amide bonds. The fraction of sp³-hybridized carbons (Fsp3) is 0.611. The number of pyridine rings is 1. The number of likely N-dealkylation sites (N-methyl/N-ethyl adjacent to an activating group) is 1. The molecule has 24 heavy (non-hydrogen) atoms. The summed E-state index contributed by atoms with van der Waals surface area (Å²) in [5.41, 5.74) is 1.81. The van der Waals surface area contributed by atoms with Crippen molar-refractivity contribution in [2.45, 2.75) is 39.2 Å². The van der Waals surface area contributed by atoms with Crippen LogP contribution in [0, 0.1) is 12.8 Å². The molecule has 4 rings (SSSR count). The summed E-state index contributed by atoms with van der Waals surface area (Å²) in [6, 6.07) is 3.89. The average molecular weight is 331 g/mol. The van der Waals surface area contributed by atoms with Crippen LogP contribution in [0.25, 0.3) is 0 Å². The van der Waals surface area contributed by atoms with Crippen LogP contribution in [0.3, 0.4) is 0 Å². The van der Waals surface area contributed by atoms with Gasteiger partial charge in [-0.2, -0.15) is 0 Å². The van der Waals surface area contributed by atoms with E-state index in [1.54, 1.807) is 9.80 Å². The zero-order chi connectivity index (χ0) is 17.3. The number of amides is 2. The lowest BCUT2D eigenvalue weighted by molar-refractivity contribution is -0.138. The molecule has 3 aliphatic rings. The van der Waals surface area contributed by atoms with Gasteiger partial charge in [-0.25, -0.2) is 0 Å². The van der Waals surface area contributed by atoms with Gasteiger partial charge in [0.25, 0.3) is 5.91 Å². The van der Waals surface area contributed by atoms with Crippen LogP contribution >= 0.6 is 0 Å². The molecule has 2 bridgehead atoms. The van der Waals surface area contributed by atoms with Gasteiger partial charge in [0.1, 0.15) is 5.75 Å². The summed E-state index contributed by atoms with van der Waals surface area (Å²) in [6.45, 7) is 5.07. The highest BCUT2D eigenvalue weighted by Crippen LogP contribution is 2.28. The normalized spacial score (nSPS) is 23.4. The lowest BCUT2D eigenvalue weighted by Crippen LogP contribution is -2.45. The van der Waals surface area contributed by atoms with Crippen LogP contribution in [0.2, 0.25) is 0 Å². The zero-order valence-corrected chi connectivity index (χ0v) is 14.6. The molecule has 0 N–H and O–H groups in total. The second kappa shape index (κ2) is 6.79. The molecule has 1 aromatic rings. The topological polar surface area (TPSA) is 62.7 Å². The minimum Gasteiger partial charge on any atom is -0.482 e. The van der Waals surface area contributed by atoms with Crippen molar-refractivity contribution in [1.29, 1.82) is 0 Å². The lowest BCUT2D eigenvalue weighted by atomic mass is 9.95. The largest absolute Gasteiger partial charge is 0.482 e. The maximum absolute atomic E-state index is 12.6. The number of ether oxygens (including phenoxy) is 1. The van der Waals surface area contributed by atoms with E-state index in [-0.39, 0.29) is 30.4 Å². The Balaban J connectivity index is 1.65. The minimum atomic E-state index is -0.0649. The lowest BCUT2D eigenvalue weighted by Gasteiger charge is -2.32. The quantitative estimate of drug-likeness (QED) is 0.837. The van der Waals surface area contributed by atoms with E-state index >= 15 is 0 Å². The number of hydrogen-bond acceptors (Lipinski definition) is 4. The molecule has 0 aliphatic carbocycles. The van der Waals surface area contributed by atoms with Gasteiger partial charge < -0.3 is 14.5 Å². The maximum atomic E-state index is 12.6. The number of carbonyl (C=O) groups is 2. The number of rotatable bonds is 4. The van der Waals surface area contributed by atoms with E-state index in [1.165, 1.54) is 0 Å². The van der Waals surface area contributed by atoms with E-state index in [9.17, 15) is 9.59 Å². The van der Waals surface area contributed by atoms with Gasteiger partial charge in [0.05, 0.1) is 11.6 Å². The first-order chi connectivity index (χ1) is 11.5. The SMILES string of the molecule is CCc1nc(C)ccc1OCC(=O)N1C[C@H]2CC[C@@H](C1)N(C)C2=O. The van der Waals surface area contributed by atoms with Crippen LogP contribution in [-0.4, -0.2) is 59.4 Å². The van der Waals surface area contributed by atoms with Gasteiger partial charge in [-0.05, 0) is 38.3 Å². The Morgan fingerprint density at radius 1 is 1.33 bits per heavy atom. The number of hydrogen-bond donors (Lipinski definition) is 0. The van der Waals surface area contributed by atoms with Gasteiger partial charge in [-0.15, -0.1) is 0 Å². The summed E-state index contributed by atoms with van der Waals surface area (Å²) >= 11 is 0. The number of nitrogens with zero attached hydrogens (tertiary/aromatic N) is 3. The highest BCUT2D eigenvalue weighted by molar-refractivity contribution is 5.83. The first-order valence-corrected chi connectivity index (χ1v) is 8.63. The fourth-order valence-electron chi connectivity index (χ4n) is 3.57. The van der Waals surface area contributed by atoms with E-state index in [2.05, 4.69) is 4.98 Å². The van der Waals surface area contributed by atoms with E-state index in [0.29, 0.717) is 18.8 Å². The second-order valence-electron chi connectivity index (χ2n) is 6.72. The van der Waals surface area contributed by atoms with Crippen LogP contribution < -0.4 is 4.74 Å². The third-order valence-electron chi connectivity index (χ3n) is 5.08.